The smallest absolute Gasteiger partial charge is 0.271 e. The van der Waals surface area contributed by atoms with E-state index in [1.54, 1.807) is 70.3 Å². The van der Waals surface area contributed by atoms with Crippen LogP contribution in [-0.2, 0) is 11.4 Å². The predicted octanol–water partition coefficient (Wildman–Crippen LogP) is 5.49. The van der Waals surface area contributed by atoms with E-state index in [2.05, 4.69) is 5.32 Å². The number of aromatic nitrogens is 1. The minimum atomic E-state index is -0.828. The zero-order valence-corrected chi connectivity index (χ0v) is 28.5. The lowest BCUT2D eigenvalue weighted by atomic mass is 9.94. The third-order valence-corrected chi connectivity index (χ3v) is 9.05. The van der Waals surface area contributed by atoms with Gasteiger partial charge in [-0.25, -0.2) is 4.99 Å². The van der Waals surface area contributed by atoms with Crippen LogP contribution in [0.3, 0.4) is 0 Å². The van der Waals surface area contributed by atoms with Crippen LogP contribution in [0.4, 0.5) is 5.69 Å². The van der Waals surface area contributed by atoms with E-state index in [0.717, 1.165) is 16.9 Å². The Morgan fingerprint density at radius 2 is 1.55 bits per heavy atom. The van der Waals surface area contributed by atoms with Crippen molar-refractivity contribution < 1.29 is 28.5 Å². The predicted molar refractivity (Wildman–Crippen MR) is 189 cm³/mol. The highest BCUT2D eigenvalue weighted by molar-refractivity contribution is 7.07. The molecule has 0 radical (unpaired) electrons. The summed E-state index contributed by atoms with van der Waals surface area (Å²) in [5.74, 6) is 2.52. The van der Waals surface area contributed by atoms with Gasteiger partial charge in [0.2, 0.25) is 0 Å². The van der Waals surface area contributed by atoms with Crippen LogP contribution in [0.5, 0.6) is 28.7 Å². The molecule has 0 unspecified atom stereocenters. The van der Waals surface area contributed by atoms with Crippen molar-refractivity contribution in [1.29, 1.82) is 0 Å². The number of benzene rings is 4. The Kier molecular flexibility index (Phi) is 9.82. The number of anilines is 1. The molecule has 49 heavy (non-hydrogen) atoms. The number of hydrogen-bond donors (Lipinski definition) is 1. The second-order valence-corrected chi connectivity index (χ2v) is 12.1. The van der Waals surface area contributed by atoms with Gasteiger partial charge in [0, 0.05) is 17.3 Å². The van der Waals surface area contributed by atoms with Gasteiger partial charge in [-0.3, -0.25) is 14.2 Å². The van der Waals surface area contributed by atoms with Crippen molar-refractivity contribution in [3.05, 3.63) is 139 Å². The molecule has 0 aliphatic carbocycles. The van der Waals surface area contributed by atoms with Crippen molar-refractivity contribution in [2.75, 3.05) is 33.8 Å². The lowest BCUT2D eigenvalue weighted by molar-refractivity contribution is -0.113. The van der Waals surface area contributed by atoms with Crippen molar-refractivity contribution in [2.24, 2.45) is 4.99 Å². The summed E-state index contributed by atoms with van der Waals surface area (Å²) in [6, 6.07) is 26.8. The minimum Gasteiger partial charge on any atom is -0.497 e. The number of allylic oxidation sites excluding steroid dienone is 1. The number of fused-ring (bicyclic) bond motifs is 1. The second-order valence-electron chi connectivity index (χ2n) is 11.1. The Bertz CT molecular complexity index is 2210. The summed E-state index contributed by atoms with van der Waals surface area (Å²) in [6.45, 7) is 2.11. The standard InChI is InChI=1S/C38H35N3O7S/c1-23-34(36(42)40-26-9-7-6-8-10-26)35(29-17-16-28(45-3)21-31(29)46-4)41-37(43)33(49-38(41)39-23)20-25-13-18-30(32(19-25)47-5)48-22-24-11-14-27(44-2)15-12-24/h6-21,35H,22H2,1-5H3,(H,40,42)/b33-20-/t35-/m0/s1. The number of thiazole rings is 1. The quantitative estimate of drug-likeness (QED) is 0.197. The first-order chi connectivity index (χ1) is 23.8. The largest absolute Gasteiger partial charge is 0.497 e. The Morgan fingerprint density at radius 3 is 2.24 bits per heavy atom. The molecule has 10 nitrogen and oxygen atoms in total. The monoisotopic (exact) mass is 677 g/mol. The first-order valence-corrected chi connectivity index (χ1v) is 16.2. The van der Waals surface area contributed by atoms with Gasteiger partial charge in [0.1, 0.15) is 29.9 Å². The van der Waals surface area contributed by atoms with Crippen LogP contribution in [0.1, 0.15) is 29.7 Å². The van der Waals surface area contributed by atoms with Crippen LogP contribution < -0.4 is 43.9 Å². The highest BCUT2D eigenvalue weighted by Gasteiger charge is 2.34. The lowest BCUT2D eigenvalue weighted by Gasteiger charge is -2.26. The number of hydrogen-bond acceptors (Lipinski definition) is 9. The van der Waals surface area contributed by atoms with Gasteiger partial charge < -0.3 is 29.0 Å². The van der Waals surface area contributed by atoms with Crippen LogP contribution in [0.25, 0.3) is 6.08 Å². The van der Waals surface area contributed by atoms with Crippen molar-refractivity contribution in [3.63, 3.8) is 0 Å². The Balaban J connectivity index is 1.40. The lowest BCUT2D eigenvalue weighted by Crippen LogP contribution is -2.40. The summed E-state index contributed by atoms with van der Waals surface area (Å²) < 4.78 is 30.1. The van der Waals surface area contributed by atoms with E-state index in [1.165, 1.54) is 11.3 Å². The highest BCUT2D eigenvalue weighted by Crippen LogP contribution is 2.38. The van der Waals surface area contributed by atoms with Gasteiger partial charge in [0.25, 0.3) is 11.5 Å². The molecule has 4 aromatic carbocycles. The van der Waals surface area contributed by atoms with Crippen LogP contribution in [0.15, 0.2) is 112 Å². The fourth-order valence-electron chi connectivity index (χ4n) is 5.60. The van der Waals surface area contributed by atoms with E-state index in [4.69, 9.17) is 28.7 Å². The van der Waals surface area contributed by atoms with Gasteiger partial charge in [-0.15, -0.1) is 0 Å². The summed E-state index contributed by atoms with van der Waals surface area (Å²) in [4.78, 5) is 33.4. The number of para-hydroxylation sites is 1. The number of rotatable bonds is 11. The highest BCUT2D eigenvalue weighted by atomic mass is 32.1. The first-order valence-electron chi connectivity index (χ1n) is 15.4. The van der Waals surface area contributed by atoms with E-state index in [1.807, 2.05) is 66.7 Å². The van der Waals surface area contributed by atoms with Crippen molar-refractivity contribution in [3.8, 4) is 28.7 Å². The van der Waals surface area contributed by atoms with Gasteiger partial charge in [0.05, 0.1) is 44.2 Å². The van der Waals surface area contributed by atoms with E-state index in [9.17, 15) is 9.59 Å². The number of ether oxygens (including phenoxy) is 5. The van der Waals surface area contributed by atoms with Crippen LogP contribution >= 0.6 is 11.3 Å². The second kappa shape index (κ2) is 14.5. The molecule has 0 spiro atoms. The Morgan fingerprint density at radius 1 is 0.837 bits per heavy atom. The van der Waals surface area contributed by atoms with Crippen molar-refractivity contribution in [2.45, 2.75) is 19.6 Å². The average molecular weight is 678 g/mol. The summed E-state index contributed by atoms with van der Waals surface area (Å²) in [5.41, 5.74) is 3.46. The van der Waals surface area contributed by atoms with Crippen LogP contribution in [-0.4, -0.2) is 38.9 Å². The van der Waals surface area contributed by atoms with E-state index in [-0.39, 0.29) is 11.5 Å². The number of amides is 1. The number of nitrogens with zero attached hydrogens (tertiary/aromatic N) is 2. The molecule has 0 saturated heterocycles. The van der Waals surface area contributed by atoms with E-state index >= 15 is 0 Å². The zero-order valence-electron chi connectivity index (χ0n) is 27.7. The van der Waals surface area contributed by atoms with Crippen molar-refractivity contribution in [1.82, 2.24) is 4.57 Å². The molecule has 1 atom stereocenters. The third kappa shape index (κ3) is 6.93. The van der Waals surface area contributed by atoms with Crippen molar-refractivity contribution >= 4 is 29.0 Å². The minimum absolute atomic E-state index is 0.303. The molecule has 250 valence electrons. The van der Waals surface area contributed by atoms with Gasteiger partial charge in [-0.05, 0) is 72.7 Å². The molecule has 6 rings (SSSR count). The molecule has 0 bridgehead atoms. The topological polar surface area (TPSA) is 110 Å². The van der Waals surface area contributed by atoms with E-state index in [0.29, 0.717) is 61.5 Å². The SMILES string of the molecule is COc1ccc(COc2ccc(/C=c3\sc4n(c3=O)[C@@H](c3ccc(OC)cc3OC)C(C(=O)Nc3ccccc3)=C(C)N=4)cc2OC)cc1. The number of nitrogens with one attached hydrogen (secondary N) is 1. The Labute approximate surface area is 287 Å². The Hall–Kier alpha value is -5.81. The summed E-state index contributed by atoms with van der Waals surface area (Å²) in [6.07, 6.45) is 1.78. The summed E-state index contributed by atoms with van der Waals surface area (Å²) >= 11 is 1.24. The van der Waals surface area contributed by atoms with Gasteiger partial charge in [0.15, 0.2) is 16.3 Å². The molecule has 5 aromatic rings. The maximum atomic E-state index is 14.3. The molecule has 11 heteroatoms. The molecular formula is C38H35N3O7S. The van der Waals surface area contributed by atoms with Gasteiger partial charge >= 0.3 is 0 Å². The number of carbonyl (C=O) groups is 1. The third-order valence-electron chi connectivity index (χ3n) is 8.07. The van der Waals surface area contributed by atoms with Crippen LogP contribution in [0, 0.1) is 0 Å². The molecule has 2 heterocycles. The molecule has 1 aliphatic heterocycles. The maximum absolute atomic E-state index is 14.3. The van der Waals surface area contributed by atoms with Gasteiger partial charge in [-0.1, -0.05) is 47.7 Å². The molecule has 1 amide bonds. The normalized spacial score (nSPS) is 14.1. The molecule has 0 saturated carbocycles. The molecular weight excluding hydrogens is 642 g/mol. The average Bonchev–Trinajstić information content (AvgIpc) is 3.43. The summed E-state index contributed by atoms with van der Waals surface area (Å²) in [5, 5.41) is 2.97. The fraction of sp³-hybridized carbons (Fsp3) is 0.184. The molecule has 1 aliphatic rings. The molecule has 1 aromatic heterocycles. The summed E-state index contributed by atoms with van der Waals surface area (Å²) in [7, 11) is 6.30. The first kappa shape index (κ1) is 33.1. The van der Waals surface area contributed by atoms with E-state index < -0.39 is 6.04 Å². The van der Waals surface area contributed by atoms with Gasteiger partial charge in [-0.2, -0.15) is 0 Å². The molecule has 1 N–H and O–H groups in total. The number of methoxy groups -OCH3 is 4. The molecule has 0 fully saturated rings. The fourth-order valence-corrected chi connectivity index (χ4v) is 6.64. The van der Waals surface area contributed by atoms with Crippen LogP contribution in [0.2, 0.25) is 0 Å². The maximum Gasteiger partial charge on any atom is 0.271 e. The number of carbonyl (C=O) groups excluding carboxylic acids is 1. The zero-order chi connectivity index (χ0) is 34.5.